The van der Waals surface area contributed by atoms with Crippen LogP contribution in [0.3, 0.4) is 0 Å². The van der Waals surface area contributed by atoms with E-state index < -0.39 is 0 Å². The molecule has 0 bridgehead atoms. The van der Waals surface area contributed by atoms with E-state index in [9.17, 15) is 4.79 Å². The van der Waals surface area contributed by atoms with Gasteiger partial charge in [0.15, 0.2) is 0 Å². The fourth-order valence-corrected chi connectivity index (χ4v) is 2.49. The molecule has 1 aliphatic rings. The lowest BCUT2D eigenvalue weighted by atomic mass is 10.1. The zero-order chi connectivity index (χ0) is 13.1. The molecule has 0 atom stereocenters. The third kappa shape index (κ3) is 3.03. The number of hydrogen-bond donors (Lipinski definition) is 1. The highest BCUT2D eigenvalue weighted by Gasteiger charge is 2.20. The van der Waals surface area contributed by atoms with Crippen molar-refractivity contribution in [3.63, 3.8) is 0 Å². The van der Waals surface area contributed by atoms with Gasteiger partial charge in [-0.25, -0.2) is 0 Å². The molecule has 0 aromatic heterocycles. The smallest absolute Gasteiger partial charge is 0.256 e. The van der Waals surface area contributed by atoms with Crippen LogP contribution in [0, 0.1) is 0 Å². The van der Waals surface area contributed by atoms with Crippen molar-refractivity contribution < 1.29 is 4.79 Å². The SMILES string of the molecule is CN1CCCN(C(=O)c2cc(Br)ccc2N)CC1. The van der Waals surface area contributed by atoms with Gasteiger partial charge in [-0.2, -0.15) is 0 Å². The molecule has 1 fully saturated rings. The van der Waals surface area contributed by atoms with Gasteiger partial charge in [0.05, 0.1) is 5.56 Å². The molecule has 2 N–H and O–H groups in total. The van der Waals surface area contributed by atoms with Gasteiger partial charge >= 0.3 is 0 Å². The van der Waals surface area contributed by atoms with Gasteiger partial charge in [-0.3, -0.25) is 4.79 Å². The first kappa shape index (κ1) is 13.4. The molecule has 1 amide bonds. The molecule has 0 aliphatic carbocycles. The van der Waals surface area contributed by atoms with E-state index in [0.717, 1.165) is 37.1 Å². The number of amides is 1. The summed E-state index contributed by atoms with van der Waals surface area (Å²) in [7, 11) is 2.08. The van der Waals surface area contributed by atoms with E-state index in [1.165, 1.54) is 0 Å². The summed E-state index contributed by atoms with van der Waals surface area (Å²) in [5.41, 5.74) is 7.02. The van der Waals surface area contributed by atoms with Crippen molar-refractivity contribution in [1.82, 2.24) is 9.80 Å². The molecule has 1 saturated heterocycles. The molecule has 0 radical (unpaired) electrons. The molecule has 4 nitrogen and oxygen atoms in total. The second-order valence-corrected chi connectivity index (χ2v) is 5.60. The second kappa shape index (κ2) is 5.71. The van der Waals surface area contributed by atoms with Crippen molar-refractivity contribution in [1.29, 1.82) is 0 Å². The van der Waals surface area contributed by atoms with Gasteiger partial charge < -0.3 is 15.5 Å². The lowest BCUT2D eigenvalue weighted by Crippen LogP contribution is -2.34. The lowest BCUT2D eigenvalue weighted by Gasteiger charge is -2.21. The van der Waals surface area contributed by atoms with E-state index in [2.05, 4.69) is 27.9 Å². The van der Waals surface area contributed by atoms with E-state index >= 15 is 0 Å². The molecule has 0 saturated carbocycles. The lowest BCUT2D eigenvalue weighted by molar-refractivity contribution is 0.0764. The monoisotopic (exact) mass is 311 g/mol. The summed E-state index contributed by atoms with van der Waals surface area (Å²) in [4.78, 5) is 16.6. The number of hydrogen-bond acceptors (Lipinski definition) is 3. The molecule has 5 heteroatoms. The highest BCUT2D eigenvalue weighted by molar-refractivity contribution is 9.10. The first-order valence-corrected chi connectivity index (χ1v) is 6.90. The van der Waals surface area contributed by atoms with Crippen LogP contribution in [0.1, 0.15) is 16.8 Å². The highest BCUT2D eigenvalue weighted by atomic mass is 79.9. The first-order valence-electron chi connectivity index (χ1n) is 6.11. The van der Waals surface area contributed by atoms with Crippen molar-refractivity contribution in [3.8, 4) is 0 Å². The largest absolute Gasteiger partial charge is 0.398 e. The molecule has 2 rings (SSSR count). The fraction of sp³-hybridized carbons (Fsp3) is 0.462. The van der Waals surface area contributed by atoms with E-state index in [0.29, 0.717) is 11.3 Å². The minimum Gasteiger partial charge on any atom is -0.398 e. The van der Waals surface area contributed by atoms with Gasteiger partial charge in [0.25, 0.3) is 5.91 Å². The Hall–Kier alpha value is -1.07. The van der Waals surface area contributed by atoms with Gasteiger partial charge in [-0.15, -0.1) is 0 Å². The molecule has 0 unspecified atom stereocenters. The zero-order valence-corrected chi connectivity index (χ0v) is 12.1. The Kier molecular flexibility index (Phi) is 4.24. The quantitative estimate of drug-likeness (QED) is 0.805. The summed E-state index contributed by atoms with van der Waals surface area (Å²) in [5, 5.41) is 0. The molecule has 1 aliphatic heterocycles. The van der Waals surface area contributed by atoms with E-state index in [1.54, 1.807) is 12.1 Å². The Labute approximate surface area is 116 Å². The van der Waals surface area contributed by atoms with Crippen LogP contribution in [0.5, 0.6) is 0 Å². The summed E-state index contributed by atoms with van der Waals surface area (Å²) >= 11 is 3.38. The van der Waals surface area contributed by atoms with Gasteiger partial charge in [0, 0.05) is 29.8 Å². The molecule has 0 spiro atoms. The van der Waals surface area contributed by atoms with Crippen LogP contribution in [-0.2, 0) is 0 Å². The molecule has 1 heterocycles. The second-order valence-electron chi connectivity index (χ2n) is 4.68. The van der Waals surface area contributed by atoms with Crippen LogP contribution in [-0.4, -0.2) is 48.9 Å². The number of nitrogen functional groups attached to an aromatic ring is 1. The Morgan fingerprint density at radius 1 is 1.28 bits per heavy atom. The summed E-state index contributed by atoms with van der Waals surface area (Å²) < 4.78 is 0.881. The van der Waals surface area contributed by atoms with Gasteiger partial charge in [-0.1, -0.05) is 15.9 Å². The first-order chi connectivity index (χ1) is 8.58. The molecule has 18 heavy (non-hydrogen) atoms. The van der Waals surface area contributed by atoms with Gasteiger partial charge in [0.2, 0.25) is 0 Å². The number of carbonyl (C=O) groups is 1. The Morgan fingerprint density at radius 2 is 2.06 bits per heavy atom. The number of rotatable bonds is 1. The summed E-state index contributed by atoms with van der Waals surface area (Å²) in [6, 6.07) is 5.41. The Bertz CT molecular complexity index is 450. The molecule has 98 valence electrons. The van der Waals surface area contributed by atoms with Crippen LogP contribution in [0.2, 0.25) is 0 Å². The number of likely N-dealkylation sites (N-methyl/N-ethyl adjacent to an activating group) is 1. The highest BCUT2D eigenvalue weighted by Crippen LogP contribution is 2.20. The Balaban J connectivity index is 2.17. The third-order valence-electron chi connectivity index (χ3n) is 3.25. The zero-order valence-electron chi connectivity index (χ0n) is 10.5. The van der Waals surface area contributed by atoms with Gasteiger partial charge in [0.1, 0.15) is 0 Å². The number of nitrogens with two attached hydrogens (primary N) is 1. The summed E-state index contributed by atoms with van der Waals surface area (Å²) in [5.74, 6) is 0.0316. The summed E-state index contributed by atoms with van der Waals surface area (Å²) in [6.45, 7) is 3.52. The maximum Gasteiger partial charge on any atom is 0.256 e. The van der Waals surface area contributed by atoms with Crippen molar-refractivity contribution in [3.05, 3.63) is 28.2 Å². The molecule has 1 aromatic rings. The van der Waals surface area contributed by atoms with Crippen molar-refractivity contribution in [2.45, 2.75) is 6.42 Å². The van der Waals surface area contributed by atoms with Crippen LogP contribution in [0.25, 0.3) is 0 Å². The number of benzene rings is 1. The predicted octanol–water partition coefficient (Wildman–Crippen LogP) is 1.81. The number of anilines is 1. The van der Waals surface area contributed by atoms with Crippen molar-refractivity contribution in [2.75, 3.05) is 39.0 Å². The standard InChI is InChI=1S/C13H18BrN3O/c1-16-5-2-6-17(8-7-16)13(18)11-9-10(14)3-4-12(11)15/h3-4,9H,2,5-8,15H2,1H3. The average Bonchev–Trinajstić information content (AvgIpc) is 2.56. The summed E-state index contributed by atoms with van der Waals surface area (Å²) in [6.07, 6.45) is 1.01. The van der Waals surface area contributed by atoms with E-state index in [-0.39, 0.29) is 5.91 Å². The molecule has 1 aromatic carbocycles. The third-order valence-corrected chi connectivity index (χ3v) is 3.75. The fourth-order valence-electron chi connectivity index (χ4n) is 2.13. The minimum atomic E-state index is 0.0316. The maximum absolute atomic E-state index is 12.4. The average molecular weight is 312 g/mol. The van der Waals surface area contributed by atoms with Crippen molar-refractivity contribution in [2.24, 2.45) is 0 Å². The van der Waals surface area contributed by atoms with Crippen LogP contribution >= 0.6 is 15.9 Å². The maximum atomic E-state index is 12.4. The van der Waals surface area contributed by atoms with Crippen LogP contribution in [0.4, 0.5) is 5.69 Å². The predicted molar refractivity (Wildman–Crippen MR) is 76.6 cm³/mol. The Morgan fingerprint density at radius 3 is 2.83 bits per heavy atom. The normalized spacial score (nSPS) is 17.6. The number of carbonyl (C=O) groups excluding carboxylic acids is 1. The number of nitrogens with zero attached hydrogens (tertiary/aromatic N) is 2. The topological polar surface area (TPSA) is 49.6 Å². The van der Waals surface area contributed by atoms with Crippen LogP contribution < -0.4 is 5.73 Å². The van der Waals surface area contributed by atoms with Crippen molar-refractivity contribution >= 4 is 27.5 Å². The van der Waals surface area contributed by atoms with E-state index in [1.807, 2.05) is 11.0 Å². The number of halogens is 1. The van der Waals surface area contributed by atoms with Crippen LogP contribution in [0.15, 0.2) is 22.7 Å². The molecular weight excluding hydrogens is 294 g/mol. The molecular formula is C13H18BrN3O. The van der Waals surface area contributed by atoms with Gasteiger partial charge in [-0.05, 0) is 38.2 Å². The minimum absolute atomic E-state index is 0.0316. The van der Waals surface area contributed by atoms with E-state index in [4.69, 9.17) is 5.73 Å².